The van der Waals surface area contributed by atoms with E-state index in [-0.39, 0.29) is 5.69 Å². The molecule has 0 amide bonds. The lowest BCUT2D eigenvalue weighted by atomic mass is 10.2. The molecule has 0 saturated carbocycles. The highest BCUT2D eigenvalue weighted by Gasteiger charge is 2.11. The minimum Gasteiger partial charge on any atom is -0.492 e. The number of nitro groups is 1. The first-order chi connectivity index (χ1) is 10.1. The van der Waals surface area contributed by atoms with Crippen LogP contribution in [0.25, 0.3) is 0 Å². The quantitative estimate of drug-likeness (QED) is 0.442. The normalized spacial score (nSPS) is 10.2. The molecule has 0 radical (unpaired) electrons. The molecule has 0 fully saturated rings. The maximum Gasteiger partial charge on any atom is 0.282 e. The van der Waals surface area contributed by atoms with Gasteiger partial charge in [0.25, 0.3) is 5.69 Å². The number of hydrogen-bond donors (Lipinski definition) is 2. The van der Waals surface area contributed by atoms with E-state index in [0.717, 1.165) is 17.1 Å². The molecule has 6 nitrogen and oxygen atoms in total. The summed E-state index contributed by atoms with van der Waals surface area (Å²) >= 11 is 1.95. The smallest absolute Gasteiger partial charge is 0.282 e. The van der Waals surface area contributed by atoms with Crippen LogP contribution in [0.3, 0.4) is 0 Å². The Morgan fingerprint density at radius 2 is 2.00 bits per heavy atom. The minimum atomic E-state index is -0.396. The van der Waals surface area contributed by atoms with E-state index in [1.54, 1.807) is 12.1 Å². The van der Waals surface area contributed by atoms with Crippen LogP contribution in [0.2, 0.25) is 0 Å². The molecule has 2 aromatic rings. The zero-order chi connectivity index (χ0) is 15.2. The van der Waals surface area contributed by atoms with Crippen molar-refractivity contribution >= 4 is 39.7 Å². The summed E-state index contributed by atoms with van der Waals surface area (Å²) in [5, 5.41) is 14.0. The zero-order valence-electron chi connectivity index (χ0n) is 11.1. The molecule has 110 valence electrons. The Hall–Kier alpha value is -1.87. The van der Waals surface area contributed by atoms with Crippen molar-refractivity contribution < 1.29 is 9.66 Å². The van der Waals surface area contributed by atoms with Crippen molar-refractivity contribution in [1.29, 1.82) is 0 Å². The summed E-state index contributed by atoms with van der Waals surface area (Å²) in [7, 11) is 0. The van der Waals surface area contributed by atoms with E-state index in [1.807, 2.05) is 46.9 Å². The van der Waals surface area contributed by atoms with E-state index < -0.39 is 4.92 Å². The first-order valence-corrected chi connectivity index (χ1v) is 7.32. The lowest BCUT2D eigenvalue weighted by Gasteiger charge is -2.09. The average molecular weight is 399 g/mol. The molecule has 21 heavy (non-hydrogen) atoms. The van der Waals surface area contributed by atoms with E-state index in [1.165, 1.54) is 6.07 Å². The van der Waals surface area contributed by atoms with Gasteiger partial charge in [-0.3, -0.25) is 10.1 Å². The second kappa shape index (κ2) is 7.23. The number of nitrogens with zero attached hydrogens (tertiary/aromatic N) is 1. The third-order valence-corrected chi connectivity index (χ3v) is 3.52. The Balaban J connectivity index is 2.14. The topological polar surface area (TPSA) is 90.4 Å². The van der Waals surface area contributed by atoms with Crippen molar-refractivity contribution in [2.45, 2.75) is 0 Å². The van der Waals surface area contributed by atoms with Gasteiger partial charge >= 0.3 is 0 Å². The van der Waals surface area contributed by atoms with Crippen molar-refractivity contribution in [2.75, 3.05) is 18.5 Å². The minimum absolute atomic E-state index is 0.0983. The fourth-order valence-electron chi connectivity index (χ4n) is 1.74. The van der Waals surface area contributed by atoms with Gasteiger partial charge in [0.05, 0.1) is 8.49 Å². The summed E-state index contributed by atoms with van der Waals surface area (Å²) in [4.78, 5) is 10.4. The van der Waals surface area contributed by atoms with Crippen molar-refractivity contribution in [3.05, 3.63) is 56.1 Å². The van der Waals surface area contributed by atoms with Gasteiger partial charge < -0.3 is 15.8 Å². The van der Waals surface area contributed by atoms with Gasteiger partial charge in [-0.1, -0.05) is 6.07 Å². The highest BCUT2D eigenvalue weighted by molar-refractivity contribution is 14.1. The van der Waals surface area contributed by atoms with Crippen LogP contribution in [0.1, 0.15) is 0 Å². The number of nitrogens with one attached hydrogen (secondary N) is 1. The number of hydrogen-bond acceptors (Lipinski definition) is 5. The fourth-order valence-corrected chi connectivity index (χ4v) is 2.45. The highest BCUT2D eigenvalue weighted by atomic mass is 127. The molecule has 2 rings (SSSR count). The van der Waals surface area contributed by atoms with Gasteiger partial charge in [0.15, 0.2) is 0 Å². The molecule has 0 aromatic heterocycles. The maximum absolute atomic E-state index is 10.8. The van der Waals surface area contributed by atoms with Gasteiger partial charge in [-0.25, -0.2) is 0 Å². The van der Waals surface area contributed by atoms with Gasteiger partial charge in [0.2, 0.25) is 0 Å². The SMILES string of the molecule is NCCOc1cccc(Nc2ccc([N+](=O)[O-])c(I)c2)c1. The summed E-state index contributed by atoms with van der Waals surface area (Å²) in [6.07, 6.45) is 0. The molecular formula is C14H14IN3O3. The monoisotopic (exact) mass is 399 g/mol. The fraction of sp³-hybridized carbons (Fsp3) is 0.143. The first-order valence-electron chi connectivity index (χ1n) is 6.24. The Morgan fingerprint density at radius 1 is 1.24 bits per heavy atom. The Morgan fingerprint density at radius 3 is 2.67 bits per heavy atom. The third kappa shape index (κ3) is 4.30. The van der Waals surface area contributed by atoms with Crippen LogP contribution in [-0.4, -0.2) is 18.1 Å². The summed E-state index contributed by atoms with van der Waals surface area (Å²) in [6.45, 7) is 0.914. The van der Waals surface area contributed by atoms with E-state index in [4.69, 9.17) is 10.5 Å². The lowest BCUT2D eigenvalue weighted by molar-refractivity contribution is -0.385. The number of anilines is 2. The van der Waals surface area contributed by atoms with E-state index in [9.17, 15) is 10.1 Å². The largest absolute Gasteiger partial charge is 0.492 e. The van der Waals surface area contributed by atoms with Gasteiger partial charge in [-0.15, -0.1) is 0 Å². The van der Waals surface area contributed by atoms with Crippen LogP contribution < -0.4 is 15.8 Å². The van der Waals surface area contributed by atoms with Crippen LogP contribution in [0, 0.1) is 13.7 Å². The molecule has 0 aliphatic carbocycles. The number of benzene rings is 2. The van der Waals surface area contributed by atoms with E-state index >= 15 is 0 Å². The lowest BCUT2D eigenvalue weighted by Crippen LogP contribution is -2.10. The molecule has 3 N–H and O–H groups in total. The van der Waals surface area contributed by atoms with E-state index in [0.29, 0.717) is 16.7 Å². The van der Waals surface area contributed by atoms with Gasteiger partial charge in [0, 0.05) is 30.1 Å². The van der Waals surface area contributed by atoms with Crippen LogP contribution >= 0.6 is 22.6 Å². The molecule has 0 aliphatic rings. The zero-order valence-corrected chi connectivity index (χ0v) is 13.2. The third-order valence-electron chi connectivity index (χ3n) is 2.65. The summed E-state index contributed by atoms with van der Waals surface area (Å²) in [5.41, 5.74) is 7.12. The maximum atomic E-state index is 10.8. The van der Waals surface area contributed by atoms with Crippen LogP contribution in [0.5, 0.6) is 5.75 Å². The molecule has 0 heterocycles. The Bertz CT molecular complexity index is 649. The van der Waals surface area contributed by atoms with E-state index in [2.05, 4.69) is 5.32 Å². The van der Waals surface area contributed by atoms with Gasteiger partial charge in [0.1, 0.15) is 12.4 Å². The predicted octanol–water partition coefficient (Wildman–Crippen LogP) is 3.28. The second-order valence-electron chi connectivity index (χ2n) is 4.21. The standard InChI is InChI=1S/C14H14IN3O3/c15-13-9-11(4-5-14(13)18(19)20)17-10-2-1-3-12(8-10)21-7-6-16/h1-5,8-9,17H,6-7,16H2. The molecule has 0 saturated heterocycles. The molecule has 7 heteroatoms. The van der Waals surface area contributed by atoms with Crippen molar-refractivity contribution in [1.82, 2.24) is 0 Å². The number of rotatable bonds is 6. The van der Waals surface area contributed by atoms with Crippen molar-refractivity contribution in [3.63, 3.8) is 0 Å². The number of ether oxygens (including phenoxy) is 1. The molecule has 0 bridgehead atoms. The summed E-state index contributed by atoms with van der Waals surface area (Å²) < 4.78 is 6.03. The number of nitro benzene ring substituents is 1. The summed E-state index contributed by atoms with van der Waals surface area (Å²) in [6, 6.07) is 12.3. The number of halogens is 1. The molecule has 0 aliphatic heterocycles. The Kier molecular flexibility index (Phi) is 5.34. The van der Waals surface area contributed by atoms with Crippen LogP contribution in [0.15, 0.2) is 42.5 Å². The second-order valence-corrected chi connectivity index (χ2v) is 5.38. The van der Waals surface area contributed by atoms with Crippen molar-refractivity contribution in [2.24, 2.45) is 5.73 Å². The van der Waals surface area contributed by atoms with Crippen LogP contribution in [0.4, 0.5) is 17.1 Å². The van der Waals surface area contributed by atoms with Gasteiger partial charge in [-0.2, -0.15) is 0 Å². The molecule has 2 aromatic carbocycles. The van der Waals surface area contributed by atoms with Crippen LogP contribution in [-0.2, 0) is 0 Å². The molecule has 0 unspecified atom stereocenters. The predicted molar refractivity (Wildman–Crippen MR) is 90.1 cm³/mol. The molecular weight excluding hydrogens is 385 g/mol. The van der Waals surface area contributed by atoms with Crippen molar-refractivity contribution in [3.8, 4) is 5.75 Å². The number of nitrogens with two attached hydrogens (primary N) is 1. The summed E-state index contributed by atoms with van der Waals surface area (Å²) in [5.74, 6) is 0.724. The highest BCUT2D eigenvalue weighted by Crippen LogP contribution is 2.27. The molecule has 0 atom stereocenters. The molecule has 0 spiro atoms. The Labute approximate surface area is 135 Å². The average Bonchev–Trinajstić information content (AvgIpc) is 2.45. The first kappa shape index (κ1) is 15.5. The van der Waals surface area contributed by atoms with Gasteiger partial charge in [-0.05, 0) is 46.9 Å².